The second kappa shape index (κ2) is 5.80. The van der Waals surface area contributed by atoms with Gasteiger partial charge in [-0.05, 0) is 61.7 Å². The SMILES string of the molecule is COc1ccc2c(C)c(C(=O)Nc3ccc(C)c(C)c3)[nH]c2c1. The summed E-state index contributed by atoms with van der Waals surface area (Å²) < 4.78 is 5.23. The van der Waals surface area contributed by atoms with Gasteiger partial charge in [-0.3, -0.25) is 4.79 Å². The second-order valence-electron chi connectivity index (χ2n) is 5.79. The highest BCUT2D eigenvalue weighted by Gasteiger charge is 2.15. The van der Waals surface area contributed by atoms with Crippen molar-refractivity contribution in [2.45, 2.75) is 20.8 Å². The molecule has 2 aromatic carbocycles. The zero-order valence-electron chi connectivity index (χ0n) is 13.8. The number of anilines is 1. The monoisotopic (exact) mass is 308 g/mol. The van der Waals surface area contributed by atoms with Gasteiger partial charge in [-0.25, -0.2) is 0 Å². The van der Waals surface area contributed by atoms with Crippen LogP contribution in [0, 0.1) is 20.8 Å². The van der Waals surface area contributed by atoms with Gasteiger partial charge in [-0.2, -0.15) is 0 Å². The molecule has 0 unspecified atom stereocenters. The second-order valence-corrected chi connectivity index (χ2v) is 5.79. The smallest absolute Gasteiger partial charge is 0.272 e. The van der Waals surface area contributed by atoms with E-state index in [-0.39, 0.29) is 5.91 Å². The number of aromatic nitrogens is 1. The largest absolute Gasteiger partial charge is 0.497 e. The molecular weight excluding hydrogens is 288 g/mol. The van der Waals surface area contributed by atoms with Crippen LogP contribution in [-0.2, 0) is 0 Å². The molecule has 0 spiro atoms. The Morgan fingerprint density at radius 1 is 1.04 bits per heavy atom. The van der Waals surface area contributed by atoms with Gasteiger partial charge < -0.3 is 15.0 Å². The maximum atomic E-state index is 12.6. The molecule has 0 aliphatic rings. The van der Waals surface area contributed by atoms with Crippen molar-refractivity contribution in [1.29, 1.82) is 0 Å². The van der Waals surface area contributed by atoms with Gasteiger partial charge in [-0.1, -0.05) is 6.07 Å². The first kappa shape index (κ1) is 15.2. The Morgan fingerprint density at radius 3 is 2.52 bits per heavy atom. The number of hydrogen-bond donors (Lipinski definition) is 2. The Labute approximate surface area is 135 Å². The molecule has 1 aromatic heterocycles. The Kier molecular flexibility index (Phi) is 3.82. The molecular formula is C19H20N2O2. The Bertz CT molecular complexity index is 894. The summed E-state index contributed by atoms with van der Waals surface area (Å²) in [5.41, 5.74) is 5.56. The molecule has 2 N–H and O–H groups in total. The van der Waals surface area contributed by atoms with Gasteiger partial charge in [0.15, 0.2) is 0 Å². The van der Waals surface area contributed by atoms with Crippen LogP contribution < -0.4 is 10.1 Å². The first-order valence-corrected chi connectivity index (χ1v) is 7.54. The van der Waals surface area contributed by atoms with Gasteiger partial charge >= 0.3 is 0 Å². The van der Waals surface area contributed by atoms with E-state index in [0.29, 0.717) is 5.69 Å². The molecule has 0 radical (unpaired) electrons. The Balaban J connectivity index is 1.94. The molecule has 0 atom stereocenters. The molecule has 0 aliphatic carbocycles. The van der Waals surface area contributed by atoms with Crippen molar-refractivity contribution in [3.63, 3.8) is 0 Å². The topological polar surface area (TPSA) is 54.1 Å². The molecule has 1 heterocycles. The molecule has 4 nitrogen and oxygen atoms in total. The Hall–Kier alpha value is -2.75. The van der Waals surface area contributed by atoms with Crippen molar-refractivity contribution in [1.82, 2.24) is 4.98 Å². The van der Waals surface area contributed by atoms with Crippen LogP contribution in [0.2, 0.25) is 0 Å². The van der Waals surface area contributed by atoms with Crippen LogP contribution in [0.3, 0.4) is 0 Å². The third kappa shape index (κ3) is 2.80. The van der Waals surface area contributed by atoms with Crippen LogP contribution in [0.1, 0.15) is 27.2 Å². The zero-order valence-corrected chi connectivity index (χ0v) is 13.8. The van der Waals surface area contributed by atoms with E-state index in [1.54, 1.807) is 7.11 Å². The molecule has 23 heavy (non-hydrogen) atoms. The van der Waals surface area contributed by atoms with Gasteiger partial charge in [0.1, 0.15) is 11.4 Å². The first-order valence-electron chi connectivity index (χ1n) is 7.54. The number of nitrogens with one attached hydrogen (secondary N) is 2. The van der Waals surface area contributed by atoms with E-state index in [1.807, 2.05) is 50.2 Å². The van der Waals surface area contributed by atoms with E-state index >= 15 is 0 Å². The number of carbonyl (C=O) groups excluding carboxylic acids is 1. The number of fused-ring (bicyclic) bond motifs is 1. The first-order chi connectivity index (χ1) is 11.0. The van der Waals surface area contributed by atoms with Crippen LogP contribution in [0.25, 0.3) is 10.9 Å². The maximum Gasteiger partial charge on any atom is 0.272 e. The fourth-order valence-electron chi connectivity index (χ4n) is 2.68. The van der Waals surface area contributed by atoms with E-state index in [4.69, 9.17) is 4.74 Å². The number of methoxy groups -OCH3 is 1. The summed E-state index contributed by atoms with van der Waals surface area (Å²) in [6.07, 6.45) is 0. The van der Waals surface area contributed by atoms with Gasteiger partial charge in [0.25, 0.3) is 5.91 Å². The van der Waals surface area contributed by atoms with Crippen LogP contribution in [0.4, 0.5) is 5.69 Å². The highest BCUT2D eigenvalue weighted by Crippen LogP contribution is 2.26. The summed E-state index contributed by atoms with van der Waals surface area (Å²) in [5.74, 6) is 0.626. The third-order valence-electron chi connectivity index (χ3n) is 4.26. The van der Waals surface area contributed by atoms with Crippen molar-refractivity contribution in [3.05, 3.63) is 58.8 Å². The molecule has 3 aromatic rings. The van der Waals surface area contributed by atoms with Crippen LogP contribution in [0.5, 0.6) is 5.75 Å². The zero-order chi connectivity index (χ0) is 16.6. The highest BCUT2D eigenvalue weighted by atomic mass is 16.5. The van der Waals surface area contributed by atoms with Crippen molar-refractivity contribution in [2.75, 3.05) is 12.4 Å². The number of carbonyl (C=O) groups is 1. The molecule has 4 heteroatoms. The van der Waals surface area contributed by atoms with E-state index < -0.39 is 0 Å². The number of H-pyrrole nitrogens is 1. The predicted molar refractivity (Wildman–Crippen MR) is 93.5 cm³/mol. The number of aryl methyl sites for hydroxylation is 3. The minimum Gasteiger partial charge on any atom is -0.497 e. The average molecular weight is 308 g/mol. The van der Waals surface area contributed by atoms with Crippen molar-refractivity contribution < 1.29 is 9.53 Å². The summed E-state index contributed by atoms with van der Waals surface area (Å²) in [5, 5.41) is 3.98. The minimum absolute atomic E-state index is 0.138. The predicted octanol–water partition coefficient (Wildman–Crippen LogP) is 4.35. The number of hydrogen-bond acceptors (Lipinski definition) is 2. The van der Waals surface area contributed by atoms with Crippen molar-refractivity contribution in [2.24, 2.45) is 0 Å². The van der Waals surface area contributed by atoms with Gasteiger partial charge in [0, 0.05) is 22.7 Å². The number of rotatable bonds is 3. The van der Waals surface area contributed by atoms with E-state index in [9.17, 15) is 4.79 Å². The summed E-state index contributed by atoms with van der Waals surface area (Å²) in [6.45, 7) is 6.03. The van der Waals surface area contributed by atoms with Crippen LogP contribution in [-0.4, -0.2) is 18.0 Å². The third-order valence-corrected chi connectivity index (χ3v) is 4.26. The fourth-order valence-corrected chi connectivity index (χ4v) is 2.68. The lowest BCUT2D eigenvalue weighted by Gasteiger charge is -2.07. The lowest BCUT2D eigenvalue weighted by Crippen LogP contribution is -2.13. The molecule has 1 amide bonds. The number of amides is 1. The normalized spacial score (nSPS) is 10.8. The lowest BCUT2D eigenvalue weighted by molar-refractivity contribution is 0.102. The fraction of sp³-hybridized carbons (Fsp3) is 0.211. The van der Waals surface area contributed by atoms with Gasteiger partial charge in [-0.15, -0.1) is 0 Å². The highest BCUT2D eigenvalue weighted by molar-refractivity contribution is 6.08. The van der Waals surface area contributed by atoms with Crippen molar-refractivity contribution in [3.8, 4) is 5.75 Å². The summed E-state index contributed by atoms with van der Waals surface area (Å²) in [4.78, 5) is 15.8. The molecule has 0 bridgehead atoms. The number of benzene rings is 2. The summed E-state index contributed by atoms with van der Waals surface area (Å²) in [7, 11) is 1.63. The number of ether oxygens (including phenoxy) is 1. The van der Waals surface area contributed by atoms with Gasteiger partial charge in [0.05, 0.1) is 7.11 Å². The molecule has 118 valence electrons. The average Bonchev–Trinajstić information content (AvgIpc) is 2.87. The minimum atomic E-state index is -0.138. The lowest BCUT2D eigenvalue weighted by atomic mass is 10.1. The quantitative estimate of drug-likeness (QED) is 0.755. The Morgan fingerprint density at radius 2 is 1.83 bits per heavy atom. The summed E-state index contributed by atoms with van der Waals surface area (Å²) >= 11 is 0. The van der Waals surface area contributed by atoms with Gasteiger partial charge in [0.2, 0.25) is 0 Å². The maximum absolute atomic E-state index is 12.6. The van der Waals surface area contributed by atoms with Crippen LogP contribution in [0.15, 0.2) is 36.4 Å². The summed E-state index contributed by atoms with van der Waals surface area (Å²) in [6, 6.07) is 11.7. The molecule has 0 saturated carbocycles. The molecule has 0 aliphatic heterocycles. The van der Waals surface area contributed by atoms with E-state index in [2.05, 4.69) is 17.2 Å². The standard InChI is InChI=1S/C19H20N2O2/c1-11-5-6-14(9-12(11)2)20-19(22)18-13(3)16-8-7-15(23-4)10-17(16)21-18/h5-10,21H,1-4H3,(H,20,22). The number of aromatic amines is 1. The van der Waals surface area contributed by atoms with Crippen LogP contribution >= 0.6 is 0 Å². The molecule has 0 fully saturated rings. The van der Waals surface area contributed by atoms with E-state index in [1.165, 1.54) is 5.56 Å². The molecule has 3 rings (SSSR count). The van der Waals surface area contributed by atoms with Crippen molar-refractivity contribution >= 4 is 22.5 Å². The van der Waals surface area contributed by atoms with E-state index in [0.717, 1.165) is 33.5 Å². The molecule has 0 saturated heterocycles.